The maximum atomic E-state index is 12.7. The first kappa shape index (κ1) is 18.5. The van der Waals surface area contributed by atoms with Gasteiger partial charge in [-0.1, -0.05) is 0 Å². The maximum Gasteiger partial charge on any atom is 0.357 e. The Hall–Kier alpha value is -2.81. The van der Waals surface area contributed by atoms with E-state index in [4.69, 9.17) is 18.9 Å². The summed E-state index contributed by atoms with van der Waals surface area (Å²) in [5, 5.41) is 4.38. The van der Waals surface area contributed by atoms with Gasteiger partial charge in [0.05, 0.1) is 27.9 Å². The Morgan fingerprint density at radius 1 is 1.12 bits per heavy atom. The number of nitrogens with one attached hydrogen (secondary N) is 1. The van der Waals surface area contributed by atoms with Crippen LogP contribution in [-0.2, 0) is 4.74 Å². The molecular weight excluding hydrogens is 348 g/mol. The number of nitrogens with zero attached hydrogens (tertiary/aromatic N) is 1. The molecule has 0 saturated heterocycles. The van der Waals surface area contributed by atoms with Crippen molar-refractivity contribution in [2.45, 2.75) is 6.92 Å². The van der Waals surface area contributed by atoms with Crippen molar-refractivity contribution in [3.8, 4) is 17.2 Å². The van der Waals surface area contributed by atoms with E-state index in [1.54, 1.807) is 19.1 Å². The molecule has 9 heteroatoms. The van der Waals surface area contributed by atoms with Crippen LogP contribution in [0.4, 0.5) is 5.13 Å². The highest BCUT2D eigenvalue weighted by Crippen LogP contribution is 2.37. The number of ether oxygens (including phenoxy) is 4. The van der Waals surface area contributed by atoms with Crippen molar-refractivity contribution in [3.63, 3.8) is 0 Å². The molecule has 0 bridgehead atoms. The fraction of sp³-hybridized carbons (Fsp3) is 0.312. The number of carbonyl (C=O) groups is 2. The second-order valence-corrected chi connectivity index (χ2v) is 5.45. The van der Waals surface area contributed by atoms with Crippen LogP contribution >= 0.6 is 11.3 Å². The van der Waals surface area contributed by atoms with Crippen molar-refractivity contribution in [2.24, 2.45) is 0 Å². The lowest BCUT2D eigenvalue weighted by Crippen LogP contribution is -2.15. The van der Waals surface area contributed by atoms with Crippen LogP contribution < -0.4 is 19.5 Å². The van der Waals surface area contributed by atoms with Gasteiger partial charge in [-0.3, -0.25) is 10.1 Å². The SMILES string of the molecule is CCOC(=O)c1csc(NC(=O)c2c(OC)ccc(OC)c2OC)n1. The first-order chi connectivity index (χ1) is 12.0. The van der Waals surface area contributed by atoms with E-state index in [-0.39, 0.29) is 28.7 Å². The van der Waals surface area contributed by atoms with E-state index in [2.05, 4.69) is 10.3 Å². The summed E-state index contributed by atoms with van der Waals surface area (Å²) < 4.78 is 20.6. The number of amides is 1. The van der Waals surface area contributed by atoms with Crippen LogP contribution in [0.15, 0.2) is 17.5 Å². The number of esters is 1. The van der Waals surface area contributed by atoms with Crippen molar-refractivity contribution in [3.05, 3.63) is 28.8 Å². The number of hydrogen-bond acceptors (Lipinski definition) is 8. The van der Waals surface area contributed by atoms with Gasteiger partial charge in [0.15, 0.2) is 22.3 Å². The van der Waals surface area contributed by atoms with Crippen molar-refractivity contribution in [1.82, 2.24) is 4.98 Å². The van der Waals surface area contributed by atoms with Gasteiger partial charge in [-0.2, -0.15) is 0 Å². The molecule has 2 aromatic rings. The Balaban J connectivity index is 2.30. The van der Waals surface area contributed by atoms with Crippen molar-refractivity contribution in [2.75, 3.05) is 33.3 Å². The van der Waals surface area contributed by atoms with E-state index in [1.165, 1.54) is 26.7 Å². The number of hydrogen-bond donors (Lipinski definition) is 1. The minimum absolute atomic E-state index is 0.131. The zero-order valence-corrected chi connectivity index (χ0v) is 15.1. The Morgan fingerprint density at radius 3 is 2.40 bits per heavy atom. The van der Waals surface area contributed by atoms with Crippen molar-refractivity contribution in [1.29, 1.82) is 0 Å². The molecule has 0 spiro atoms. The van der Waals surface area contributed by atoms with Gasteiger partial charge in [-0.05, 0) is 19.1 Å². The summed E-state index contributed by atoms with van der Waals surface area (Å²) in [7, 11) is 4.34. The molecule has 1 N–H and O–H groups in total. The van der Waals surface area contributed by atoms with Gasteiger partial charge in [0, 0.05) is 5.38 Å². The third kappa shape index (κ3) is 4.00. The van der Waals surface area contributed by atoms with Crippen LogP contribution in [0.2, 0.25) is 0 Å². The molecule has 0 aliphatic carbocycles. The average molecular weight is 366 g/mol. The lowest BCUT2D eigenvalue weighted by atomic mass is 10.1. The Morgan fingerprint density at radius 2 is 1.80 bits per heavy atom. The molecule has 0 fully saturated rings. The van der Waals surface area contributed by atoms with E-state index >= 15 is 0 Å². The molecular formula is C16H18N2O6S. The molecule has 1 amide bonds. The molecule has 25 heavy (non-hydrogen) atoms. The molecule has 1 aromatic carbocycles. The fourth-order valence-electron chi connectivity index (χ4n) is 2.08. The number of methoxy groups -OCH3 is 3. The number of anilines is 1. The van der Waals surface area contributed by atoms with E-state index in [0.717, 1.165) is 11.3 Å². The van der Waals surface area contributed by atoms with Gasteiger partial charge in [0.25, 0.3) is 5.91 Å². The molecule has 2 rings (SSSR count). The molecule has 0 atom stereocenters. The summed E-state index contributed by atoms with van der Waals surface area (Å²) in [6.07, 6.45) is 0. The topological polar surface area (TPSA) is 96.0 Å². The second kappa shape index (κ2) is 8.34. The van der Waals surface area contributed by atoms with E-state index < -0.39 is 11.9 Å². The summed E-state index contributed by atoms with van der Waals surface area (Å²) in [5.41, 5.74) is 0.295. The largest absolute Gasteiger partial charge is 0.496 e. The van der Waals surface area contributed by atoms with Gasteiger partial charge in [-0.25, -0.2) is 9.78 Å². The molecule has 0 aliphatic rings. The molecule has 0 aliphatic heterocycles. The lowest BCUT2D eigenvalue weighted by Gasteiger charge is -2.15. The second-order valence-electron chi connectivity index (χ2n) is 4.59. The Labute approximate surface area is 148 Å². The minimum Gasteiger partial charge on any atom is -0.496 e. The molecule has 0 saturated carbocycles. The van der Waals surface area contributed by atoms with Gasteiger partial charge in [0.2, 0.25) is 0 Å². The molecule has 8 nitrogen and oxygen atoms in total. The highest BCUT2D eigenvalue weighted by molar-refractivity contribution is 7.14. The van der Waals surface area contributed by atoms with Gasteiger partial charge >= 0.3 is 5.97 Å². The quantitative estimate of drug-likeness (QED) is 0.752. The third-order valence-corrected chi connectivity index (χ3v) is 3.92. The first-order valence-corrected chi connectivity index (χ1v) is 8.16. The van der Waals surface area contributed by atoms with Crippen LogP contribution in [0.25, 0.3) is 0 Å². The standard InChI is InChI=1S/C16H18N2O6S/c1-5-24-15(20)9-8-25-16(17-9)18-14(19)12-10(21-2)6-7-11(22-3)13(12)23-4/h6-8H,5H2,1-4H3,(H,17,18,19). The molecule has 1 heterocycles. The fourth-order valence-corrected chi connectivity index (χ4v) is 2.76. The van der Waals surface area contributed by atoms with Crippen LogP contribution in [0.1, 0.15) is 27.8 Å². The van der Waals surface area contributed by atoms with Crippen molar-refractivity contribution < 1.29 is 28.5 Å². The number of benzene rings is 1. The summed E-state index contributed by atoms with van der Waals surface area (Å²) in [4.78, 5) is 28.4. The summed E-state index contributed by atoms with van der Waals surface area (Å²) >= 11 is 1.11. The van der Waals surface area contributed by atoms with E-state index in [1.807, 2.05) is 0 Å². The highest BCUT2D eigenvalue weighted by atomic mass is 32.1. The smallest absolute Gasteiger partial charge is 0.357 e. The first-order valence-electron chi connectivity index (χ1n) is 7.28. The summed E-state index contributed by atoms with van der Waals surface area (Å²) in [5.74, 6) is -0.105. The van der Waals surface area contributed by atoms with Crippen LogP contribution in [0, 0.1) is 0 Å². The average Bonchev–Trinajstić information content (AvgIpc) is 3.08. The number of rotatable bonds is 7. The van der Waals surface area contributed by atoms with Gasteiger partial charge in [0.1, 0.15) is 11.3 Å². The summed E-state index contributed by atoms with van der Waals surface area (Å²) in [6.45, 7) is 1.95. The molecule has 0 radical (unpaired) electrons. The molecule has 1 aromatic heterocycles. The normalized spacial score (nSPS) is 10.1. The number of aromatic nitrogens is 1. The van der Waals surface area contributed by atoms with Crippen LogP contribution in [0.5, 0.6) is 17.2 Å². The predicted molar refractivity (Wildman–Crippen MR) is 92.1 cm³/mol. The summed E-state index contributed by atoms with van der Waals surface area (Å²) in [6, 6.07) is 3.23. The zero-order chi connectivity index (χ0) is 18.4. The highest BCUT2D eigenvalue weighted by Gasteiger charge is 2.23. The predicted octanol–water partition coefficient (Wildman–Crippen LogP) is 2.60. The van der Waals surface area contributed by atoms with Crippen LogP contribution in [-0.4, -0.2) is 44.8 Å². The number of carbonyl (C=O) groups excluding carboxylic acids is 2. The monoisotopic (exact) mass is 366 g/mol. The zero-order valence-electron chi connectivity index (χ0n) is 14.2. The number of thiazole rings is 1. The maximum absolute atomic E-state index is 12.7. The van der Waals surface area contributed by atoms with E-state index in [0.29, 0.717) is 11.5 Å². The van der Waals surface area contributed by atoms with Gasteiger partial charge < -0.3 is 18.9 Å². The lowest BCUT2D eigenvalue weighted by molar-refractivity contribution is 0.0520. The molecule has 0 unspecified atom stereocenters. The van der Waals surface area contributed by atoms with Gasteiger partial charge in [-0.15, -0.1) is 11.3 Å². The Bertz CT molecular complexity index is 774. The van der Waals surface area contributed by atoms with E-state index in [9.17, 15) is 9.59 Å². The third-order valence-electron chi connectivity index (χ3n) is 3.16. The Kier molecular flexibility index (Phi) is 6.18. The van der Waals surface area contributed by atoms with Crippen LogP contribution in [0.3, 0.4) is 0 Å². The molecule has 134 valence electrons. The minimum atomic E-state index is -0.546. The van der Waals surface area contributed by atoms with Crippen molar-refractivity contribution >= 4 is 28.3 Å².